The standard InChI is InChI=1S/C11H11N.C6H4BrNO2/c1-9-5-2-3-6-10(9)11-7-4-8-12-11;7-5-2-1-3-6(4-5)8(9)10/h2-8,12H,1H3;1-4H. The third kappa shape index (κ3) is 4.30. The number of hydrogen-bond donors (Lipinski definition) is 1. The van der Waals surface area contributed by atoms with Crippen LogP contribution in [0.15, 0.2) is 71.3 Å². The van der Waals surface area contributed by atoms with E-state index >= 15 is 0 Å². The molecule has 1 heterocycles. The number of halogens is 1. The smallest absolute Gasteiger partial charge is 0.270 e. The van der Waals surface area contributed by atoms with Crippen LogP contribution in [-0.4, -0.2) is 9.91 Å². The fourth-order valence-corrected chi connectivity index (χ4v) is 2.35. The van der Waals surface area contributed by atoms with Crippen molar-refractivity contribution in [3.63, 3.8) is 0 Å². The van der Waals surface area contributed by atoms with Crippen molar-refractivity contribution >= 4 is 21.6 Å². The van der Waals surface area contributed by atoms with Gasteiger partial charge in [0.15, 0.2) is 0 Å². The van der Waals surface area contributed by atoms with Crippen LogP contribution < -0.4 is 0 Å². The molecule has 0 radical (unpaired) electrons. The summed E-state index contributed by atoms with van der Waals surface area (Å²) in [7, 11) is 0. The SMILES string of the molecule is Cc1ccccc1-c1ccc[nH]1.O=[N+]([O-])c1cccc(Br)c1. The highest BCUT2D eigenvalue weighted by molar-refractivity contribution is 9.10. The number of H-pyrrole nitrogens is 1. The molecular weight excluding hydrogens is 344 g/mol. The highest BCUT2D eigenvalue weighted by Crippen LogP contribution is 2.20. The number of nitro groups is 1. The van der Waals surface area contributed by atoms with Crippen LogP contribution in [0, 0.1) is 17.0 Å². The van der Waals surface area contributed by atoms with Crippen molar-refractivity contribution in [2.24, 2.45) is 0 Å². The van der Waals surface area contributed by atoms with Crippen LogP contribution in [0.2, 0.25) is 0 Å². The molecule has 4 nitrogen and oxygen atoms in total. The summed E-state index contributed by atoms with van der Waals surface area (Å²) in [5.74, 6) is 0. The molecule has 0 spiro atoms. The molecule has 0 aliphatic heterocycles. The fourth-order valence-electron chi connectivity index (χ4n) is 1.96. The zero-order valence-corrected chi connectivity index (χ0v) is 13.6. The maximum Gasteiger partial charge on any atom is 0.270 e. The van der Waals surface area contributed by atoms with Crippen molar-refractivity contribution in [1.82, 2.24) is 4.98 Å². The topological polar surface area (TPSA) is 58.9 Å². The number of nitrogens with zero attached hydrogens (tertiary/aromatic N) is 1. The van der Waals surface area contributed by atoms with Crippen LogP contribution in [0.3, 0.4) is 0 Å². The summed E-state index contributed by atoms with van der Waals surface area (Å²) in [4.78, 5) is 12.9. The van der Waals surface area contributed by atoms with E-state index in [0.717, 1.165) is 4.47 Å². The van der Waals surface area contributed by atoms with Gasteiger partial charge in [0.1, 0.15) is 0 Å². The van der Waals surface area contributed by atoms with E-state index in [4.69, 9.17) is 0 Å². The number of nitro benzene ring substituents is 1. The third-order valence-electron chi connectivity index (χ3n) is 3.05. The lowest BCUT2D eigenvalue weighted by atomic mass is 10.1. The Morgan fingerprint density at radius 3 is 2.36 bits per heavy atom. The van der Waals surface area contributed by atoms with Crippen LogP contribution >= 0.6 is 15.9 Å². The van der Waals surface area contributed by atoms with Crippen LogP contribution in [0.25, 0.3) is 11.3 Å². The number of aromatic nitrogens is 1. The van der Waals surface area contributed by atoms with Gasteiger partial charge in [-0.15, -0.1) is 0 Å². The van der Waals surface area contributed by atoms with E-state index in [-0.39, 0.29) is 5.69 Å². The van der Waals surface area contributed by atoms with Gasteiger partial charge in [0, 0.05) is 34.1 Å². The van der Waals surface area contributed by atoms with Crippen LogP contribution in [0.1, 0.15) is 5.56 Å². The number of benzene rings is 2. The molecule has 0 fully saturated rings. The molecular formula is C17H15BrN2O2. The van der Waals surface area contributed by atoms with E-state index in [1.54, 1.807) is 12.1 Å². The molecule has 112 valence electrons. The van der Waals surface area contributed by atoms with Gasteiger partial charge in [0.2, 0.25) is 0 Å². The first-order chi connectivity index (χ1) is 10.6. The number of aryl methyl sites for hydroxylation is 1. The molecule has 0 bridgehead atoms. The quantitative estimate of drug-likeness (QED) is 0.495. The first kappa shape index (κ1) is 16.0. The second-order valence-corrected chi connectivity index (χ2v) is 5.55. The Morgan fingerprint density at radius 1 is 1.05 bits per heavy atom. The molecule has 0 atom stereocenters. The average molecular weight is 359 g/mol. The van der Waals surface area contributed by atoms with Crippen LogP contribution in [0.5, 0.6) is 0 Å². The highest BCUT2D eigenvalue weighted by Gasteiger charge is 2.02. The molecule has 2 aromatic carbocycles. The molecule has 22 heavy (non-hydrogen) atoms. The molecule has 3 aromatic rings. The maximum atomic E-state index is 10.1. The predicted octanol–water partition coefficient (Wildman–Crippen LogP) is 5.35. The first-order valence-electron chi connectivity index (χ1n) is 6.67. The summed E-state index contributed by atoms with van der Waals surface area (Å²) in [6.45, 7) is 2.12. The number of nitrogens with one attached hydrogen (secondary N) is 1. The van der Waals surface area contributed by atoms with Crippen molar-refractivity contribution in [2.45, 2.75) is 6.92 Å². The van der Waals surface area contributed by atoms with E-state index in [9.17, 15) is 10.1 Å². The van der Waals surface area contributed by atoms with Crippen molar-refractivity contribution < 1.29 is 4.92 Å². The molecule has 5 heteroatoms. The molecule has 1 aromatic heterocycles. The molecule has 0 amide bonds. The minimum Gasteiger partial charge on any atom is -0.361 e. The van der Waals surface area contributed by atoms with Crippen LogP contribution in [0.4, 0.5) is 5.69 Å². The third-order valence-corrected chi connectivity index (χ3v) is 3.55. The van der Waals surface area contributed by atoms with Gasteiger partial charge in [-0.3, -0.25) is 10.1 Å². The van der Waals surface area contributed by atoms with Crippen LogP contribution in [-0.2, 0) is 0 Å². The lowest BCUT2D eigenvalue weighted by Crippen LogP contribution is -1.85. The van der Waals surface area contributed by atoms with E-state index in [0.29, 0.717) is 0 Å². The Balaban J connectivity index is 0.000000164. The number of aromatic amines is 1. The Labute approximate surface area is 137 Å². The van der Waals surface area contributed by atoms with Gasteiger partial charge >= 0.3 is 0 Å². The minimum absolute atomic E-state index is 0.106. The fraction of sp³-hybridized carbons (Fsp3) is 0.0588. The second kappa shape index (κ2) is 7.56. The predicted molar refractivity (Wildman–Crippen MR) is 91.8 cm³/mol. The summed E-state index contributed by atoms with van der Waals surface area (Å²) < 4.78 is 0.724. The largest absolute Gasteiger partial charge is 0.361 e. The van der Waals surface area contributed by atoms with Gasteiger partial charge < -0.3 is 4.98 Å². The van der Waals surface area contributed by atoms with Gasteiger partial charge in [-0.2, -0.15) is 0 Å². The molecule has 0 aliphatic rings. The second-order valence-electron chi connectivity index (χ2n) is 4.64. The number of rotatable bonds is 2. The summed E-state index contributed by atoms with van der Waals surface area (Å²) in [5.41, 5.74) is 3.88. The number of hydrogen-bond acceptors (Lipinski definition) is 2. The van der Waals surface area contributed by atoms with Gasteiger partial charge in [0.05, 0.1) is 4.92 Å². The van der Waals surface area contributed by atoms with Gasteiger partial charge in [-0.1, -0.05) is 46.3 Å². The maximum absolute atomic E-state index is 10.1. The van der Waals surface area contributed by atoms with E-state index in [2.05, 4.69) is 58.2 Å². The van der Waals surface area contributed by atoms with E-state index in [1.165, 1.54) is 29.0 Å². The summed E-state index contributed by atoms with van der Waals surface area (Å²) >= 11 is 3.13. The Kier molecular flexibility index (Phi) is 5.49. The molecule has 0 aliphatic carbocycles. The number of non-ortho nitro benzene ring substituents is 1. The minimum atomic E-state index is -0.426. The molecule has 0 saturated heterocycles. The normalized spacial score (nSPS) is 9.73. The molecule has 0 unspecified atom stereocenters. The van der Waals surface area contributed by atoms with Gasteiger partial charge in [-0.25, -0.2) is 0 Å². The van der Waals surface area contributed by atoms with E-state index < -0.39 is 4.92 Å². The van der Waals surface area contributed by atoms with Crippen molar-refractivity contribution in [1.29, 1.82) is 0 Å². The van der Waals surface area contributed by atoms with Crippen molar-refractivity contribution in [3.8, 4) is 11.3 Å². The first-order valence-corrected chi connectivity index (χ1v) is 7.46. The summed E-state index contributed by atoms with van der Waals surface area (Å²) in [5, 5.41) is 10.1. The monoisotopic (exact) mass is 358 g/mol. The van der Waals surface area contributed by atoms with E-state index in [1.807, 2.05) is 12.3 Å². The molecule has 0 saturated carbocycles. The van der Waals surface area contributed by atoms with Crippen molar-refractivity contribution in [3.05, 3.63) is 87.0 Å². The van der Waals surface area contributed by atoms with Gasteiger partial charge in [-0.05, 0) is 30.7 Å². The highest BCUT2D eigenvalue weighted by atomic mass is 79.9. The molecule has 1 N–H and O–H groups in total. The Hall–Kier alpha value is -2.40. The van der Waals surface area contributed by atoms with Gasteiger partial charge in [0.25, 0.3) is 5.69 Å². The Bertz CT molecular complexity index is 755. The summed E-state index contributed by atoms with van der Waals surface area (Å²) in [6, 6.07) is 18.7. The zero-order chi connectivity index (χ0) is 15.9. The Morgan fingerprint density at radius 2 is 1.82 bits per heavy atom. The average Bonchev–Trinajstić information content (AvgIpc) is 3.02. The molecule has 3 rings (SSSR count). The summed E-state index contributed by atoms with van der Waals surface area (Å²) in [6.07, 6.45) is 1.95. The lowest BCUT2D eigenvalue weighted by molar-refractivity contribution is -0.384. The lowest BCUT2D eigenvalue weighted by Gasteiger charge is -2.01. The zero-order valence-electron chi connectivity index (χ0n) is 12.0. The van der Waals surface area contributed by atoms with Crippen molar-refractivity contribution in [2.75, 3.05) is 0 Å².